The molecule has 29 heavy (non-hydrogen) atoms. The number of anilines is 1. The van der Waals surface area contributed by atoms with Gasteiger partial charge in [-0.15, -0.1) is 11.3 Å². The molecule has 0 saturated carbocycles. The summed E-state index contributed by atoms with van der Waals surface area (Å²) in [5.74, 6) is 1.61. The maximum atomic E-state index is 12.1. The number of aromatic nitrogens is 2. The van der Waals surface area contributed by atoms with Crippen LogP contribution in [-0.2, 0) is 11.3 Å². The van der Waals surface area contributed by atoms with E-state index in [0.717, 1.165) is 40.3 Å². The molecule has 2 aromatic heterocycles. The molecule has 0 aliphatic carbocycles. The van der Waals surface area contributed by atoms with Gasteiger partial charge in [-0.2, -0.15) is 0 Å². The van der Waals surface area contributed by atoms with Crippen LogP contribution < -0.4 is 10.2 Å². The average Bonchev–Trinajstić information content (AvgIpc) is 3.18. The molecule has 152 valence electrons. The van der Waals surface area contributed by atoms with Gasteiger partial charge in [-0.3, -0.25) is 0 Å². The van der Waals surface area contributed by atoms with E-state index in [1.807, 2.05) is 30.0 Å². The van der Waals surface area contributed by atoms with Crippen molar-refractivity contribution in [1.82, 2.24) is 20.2 Å². The summed E-state index contributed by atoms with van der Waals surface area (Å²) in [6.45, 7) is 5.76. The minimum Gasteiger partial charge on any atom is -0.377 e. The van der Waals surface area contributed by atoms with Crippen LogP contribution in [0.4, 0.5) is 10.6 Å². The van der Waals surface area contributed by atoms with Crippen LogP contribution in [0.15, 0.2) is 35.7 Å². The standard InChI is InChI=1S/C21H25N5O2S/c1-3-22-21(27)26-11-9-25(10-12-26)19-18-16(15-7-5-4-6-8-15)14-29-20(18)24-17(23-19)13-28-2/h4-8,14H,3,9-13H2,1-2H3,(H,22,27). The maximum Gasteiger partial charge on any atom is 0.317 e. The molecule has 4 rings (SSSR count). The number of nitrogens with one attached hydrogen (secondary N) is 1. The van der Waals surface area contributed by atoms with Crippen molar-refractivity contribution in [2.45, 2.75) is 13.5 Å². The normalized spacial score (nSPS) is 14.4. The number of rotatable bonds is 5. The second kappa shape index (κ2) is 8.75. The fourth-order valence-corrected chi connectivity index (χ4v) is 4.56. The quantitative estimate of drug-likeness (QED) is 0.697. The van der Waals surface area contributed by atoms with Gasteiger partial charge in [0, 0.05) is 50.8 Å². The molecule has 3 heterocycles. The second-order valence-corrected chi connectivity index (χ2v) is 7.76. The number of carbonyl (C=O) groups is 1. The number of ether oxygens (including phenoxy) is 1. The second-order valence-electron chi connectivity index (χ2n) is 6.90. The number of methoxy groups -OCH3 is 1. The molecule has 1 aliphatic rings. The van der Waals surface area contributed by atoms with Crippen LogP contribution in [0, 0.1) is 0 Å². The van der Waals surface area contributed by atoms with Crippen molar-refractivity contribution in [3.05, 3.63) is 41.5 Å². The molecule has 2 amide bonds. The fraction of sp³-hybridized carbons (Fsp3) is 0.381. The number of benzene rings is 1. The Kier molecular flexibility index (Phi) is 5.92. The maximum absolute atomic E-state index is 12.1. The third kappa shape index (κ3) is 4.04. The molecule has 3 aromatic rings. The molecule has 7 nitrogen and oxygen atoms in total. The van der Waals surface area contributed by atoms with E-state index in [4.69, 9.17) is 14.7 Å². The van der Waals surface area contributed by atoms with E-state index < -0.39 is 0 Å². The minimum atomic E-state index is 0.000523. The van der Waals surface area contributed by atoms with Gasteiger partial charge in [0.15, 0.2) is 5.82 Å². The lowest BCUT2D eigenvalue weighted by atomic mass is 10.1. The molecular weight excluding hydrogens is 386 g/mol. The van der Waals surface area contributed by atoms with Gasteiger partial charge < -0.3 is 19.9 Å². The van der Waals surface area contributed by atoms with Crippen LogP contribution in [0.5, 0.6) is 0 Å². The number of hydrogen-bond donors (Lipinski definition) is 1. The van der Waals surface area contributed by atoms with Gasteiger partial charge in [-0.25, -0.2) is 14.8 Å². The van der Waals surface area contributed by atoms with E-state index in [2.05, 4.69) is 27.7 Å². The molecule has 0 radical (unpaired) electrons. The smallest absolute Gasteiger partial charge is 0.317 e. The van der Waals surface area contributed by atoms with Gasteiger partial charge in [0.05, 0.1) is 5.39 Å². The Labute approximate surface area is 174 Å². The molecule has 0 unspecified atom stereocenters. The predicted molar refractivity (Wildman–Crippen MR) is 116 cm³/mol. The Bertz CT molecular complexity index is 983. The van der Waals surface area contributed by atoms with Crippen LogP contribution >= 0.6 is 11.3 Å². The first-order chi connectivity index (χ1) is 14.2. The number of amides is 2. The minimum absolute atomic E-state index is 0.000523. The molecule has 1 N–H and O–H groups in total. The van der Waals surface area contributed by atoms with Crippen molar-refractivity contribution < 1.29 is 9.53 Å². The van der Waals surface area contributed by atoms with Gasteiger partial charge >= 0.3 is 6.03 Å². The van der Waals surface area contributed by atoms with Crippen molar-refractivity contribution in [2.75, 3.05) is 44.7 Å². The number of nitrogens with zero attached hydrogens (tertiary/aromatic N) is 4. The number of piperazine rings is 1. The highest BCUT2D eigenvalue weighted by Gasteiger charge is 2.25. The lowest BCUT2D eigenvalue weighted by molar-refractivity contribution is 0.178. The van der Waals surface area contributed by atoms with Crippen molar-refractivity contribution in [3.63, 3.8) is 0 Å². The van der Waals surface area contributed by atoms with E-state index in [1.54, 1.807) is 18.4 Å². The summed E-state index contributed by atoms with van der Waals surface area (Å²) >= 11 is 1.63. The van der Waals surface area contributed by atoms with E-state index >= 15 is 0 Å². The molecule has 0 atom stereocenters. The highest BCUT2D eigenvalue weighted by molar-refractivity contribution is 7.17. The summed E-state index contributed by atoms with van der Waals surface area (Å²) in [6, 6.07) is 10.3. The van der Waals surface area contributed by atoms with E-state index in [9.17, 15) is 4.79 Å². The predicted octanol–water partition coefficient (Wildman–Crippen LogP) is 3.36. The first-order valence-electron chi connectivity index (χ1n) is 9.81. The molecule has 1 aliphatic heterocycles. The van der Waals surface area contributed by atoms with Gasteiger partial charge in [-0.05, 0) is 12.5 Å². The van der Waals surface area contributed by atoms with Crippen molar-refractivity contribution in [2.24, 2.45) is 0 Å². The first kappa shape index (κ1) is 19.6. The SMILES string of the molecule is CCNC(=O)N1CCN(c2nc(COC)nc3scc(-c4ccccc4)c23)CC1. The summed E-state index contributed by atoms with van der Waals surface area (Å²) in [5.41, 5.74) is 2.31. The Balaban J connectivity index is 1.70. The zero-order chi connectivity index (χ0) is 20.2. The zero-order valence-electron chi connectivity index (χ0n) is 16.7. The lowest BCUT2D eigenvalue weighted by Crippen LogP contribution is -2.52. The molecule has 1 saturated heterocycles. The summed E-state index contributed by atoms with van der Waals surface area (Å²) in [4.78, 5) is 26.8. The van der Waals surface area contributed by atoms with Gasteiger partial charge in [0.25, 0.3) is 0 Å². The number of urea groups is 1. The summed E-state index contributed by atoms with van der Waals surface area (Å²) in [6.07, 6.45) is 0. The summed E-state index contributed by atoms with van der Waals surface area (Å²) < 4.78 is 5.29. The Morgan fingerprint density at radius 3 is 2.62 bits per heavy atom. The van der Waals surface area contributed by atoms with Gasteiger partial charge in [-0.1, -0.05) is 30.3 Å². The topological polar surface area (TPSA) is 70.6 Å². The van der Waals surface area contributed by atoms with Gasteiger partial charge in [0.2, 0.25) is 0 Å². The third-order valence-corrected chi connectivity index (χ3v) is 5.89. The highest BCUT2D eigenvalue weighted by Crippen LogP contribution is 2.38. The molecule has 1 aromatic carbocycles. The van der Waals surface area contributed by atoms with E-state index in [-0.39, 0.29) is 6.03 Å². The van der Waals surface area contributed by atoms with Crippen molar-refractivity contribution >= 4 is 33.4 Å². The summed E-state index contributed by atoms with van der Waals surface area (Å²) in [5, 5.41) is 6.11. The molecule has 1 fully saturated rings. The summed E-state index contributed by atoms with van der Waals surface area (Å²) in [7, 11) is 1.65. The zero-order valence-corrected chi connectivity index (χ0v) is 17.5. The van der Waals surface area contributed by atoms with Crippen molar-refractivity contribution in [1.29, 1.82) is 0 Å². The van der Waals surface area contributed by atoms with E-state index in [0.29, 0.717) is 32.1 Å². The van der Waals surface area contributed by atoms with Crippen LogP contribution in [0.25, 0.3) is 21.3 Å². The van der Waals surface area contributed by atoms with Crippen LogP contribution in [0.1, 0.15) is 12.7 Å². The molecular formula is C21H25N5O2S. The number of thiophene rings is 1. The largest absolute Gasteiger partial charge is 0.377 e. The van der Waals surface area contributed by atoms with Crippen molar-refractivity contribution in [3.8, 4) is 11.1 Å². The third-order valence-electron chi connectivity index (χ3n) is 5.01. The number of carbonyl (C=O) groups excluding carboxylic acids is 1. The molecule has 0 spiro atoms. The van der Waals surface area contributed by atoms with E-state index in [1.165, 1.54) is 0 Å². The first-order valence-corrected chi connectivity index (χ1v) is 10.7. The Morgan fingerprint density at radius 1 is 1.17 bits per heavy atom. The Hall–Kier alpha value is -2.71. The van der Waals surface area contributed by atoms with Crippen LogP contribution in [0.3, 0.4) is 0 Å². The lowest BCUT2D eigenvalue weighted by Gasteiger charge is -2.35. The average molecular weight is 412 g/mol. The monoisotopic (exact) mass is 411 g/mol. The highest BCUT2D eigenvalue weighted by atomic mass is 32.1. The van der Waals surface area contributed by atoms with Crippen LogP contribution in [-0.4, -0.2) is 60.7 Å². The fourth-order valence-electron chi connectivity index (χ4n) is 3.60. The Morgan fingerprint density at radius 2 is 1.93 bits per heavy atom. The number of hydrogen-bond acceptors (Lipinski definition) is 6. The van der Waals surface area contributed by atoms with Gasteiger partial charge in [0.1, 0.15) is 17.3 Å². The van der Waals surface area contributed by atoms with Crippen LogP contribution in [0.2, 0.25) is 0 Å². The molecule has 8 heteroatoms. The number of fused-ring (bicyclic) bond motifs is 1. The molecule has 0 bridgehead atoms.